The highest BCUT2D eigenvalue weighted by molar-refractivity contribution is 6.15. The molecular formula is C7H15NOSi. The topological polar surface area (TPSA) is 20.3 Å². The van der Waals surface area contributed by atoms with Crippen molar-refractivity contribution in [3.05, 3.63) is 12.7 Å². The van der Waals surface area contributed by atoms with E-state index in [0.29, 0.717) is 0 Å². The highest BCUT2D eigenvalue weighted by Crippen LogP contribution is 2.17. The molecule has 0 spiro atoms. The zero-order chi connectivity index (χ0) is 8.36. The number of nitrogens with zero attached hydrogens (tertiary/aromatic N) is 1. The molecule has 0 fully saturated rings. The first-order valence-corrected chi connectivity index (χ1v) is 4.16. The van der Waals surface area contributed by atoms with Gasteiger partial charge in [0.25, 0.3) is 0 Å². The summed E-state index contributed by atoms with van der Waals surface area (Å²) in [5.41, 5.74) is -0.392. The smallest absolute Gasteiger partial charge is 0.223 e. The molecule has 0 aliphatic heterocycles. The summed E-state index contributed by atoms with van der Waals surface area (Å²) in [5, 5.41) is 0. The van der Waals surface area contributed by atoms with Crippen molar-refractivity contribution in [1.29, 1.82) is 0 Å². The fraction of sp³-hybridized carbons (Fsp3) is 0.571. The molecule has 0 N–H and O–H groups in total. The molecule has 0 aromatic rings. The number of rotatable bonds is 2. The van der Waals surface area contributed by atoms with Crippen molar-refractivity contribution < 1.29 is 4.79 Å². The summed E-state index contributed by atoms with van der Waals surface area (Å²) in [6.45, 7) is 7.35. The van der Waals surface area contributed by atoms with Crippen LogP contribution in [0.5, 0.6) is 0 Å². The molecule has 3 heteroatoms. The van der Waals surface area contributed by atoms with Crippen LogP contribution < -0.4 is 0 Å². The Labute approximate surface area is 65.4 Å². The first-order valence-electron chi connectivity index (χ1n) is 3.27. The van der Waals surface area contributed by atoms with Gasteiger partial charge in [0.05, 0.1) is 5.41 Å². The van der Waals surface area contributed by atoms with Gasteiger partial charge in [-0.2, -0.15) is 0 Å². The Hall–Kier alpha value is -0.573. The lowest BCUT2D eigenvalue weighted by Gasteiger charge is -2.23. The number of carbonyl (C=O) groups is 1. The third-order valence-corrected chi connectivity index (χ3v) is 1.87. The van der Waals surface area contributed by atoms with Crippen LogP contribution in [-0.4, -0.2) is 27.9 Å². The average Bonchev–Trinajstić information content (AvgIpc) is 1.86. The first kappa shape index (κ1) is 9.43. The fourth-order valence-electron chi connectivity index (χ4n) is 0.664. The second-order valence-electron chi connectivity index (χ2n) is 3.13. The summed E-state index contributed by atoms with van der Waals surface area (Å²) in [6.07, 6.45) is 1.68. The lowest BCUT2D eigenvalue weighted by atomic mass is 9.93. The van der Waals surface area contributed by atoms with Crippen molar-refractivity contribution in [2.75, 3.05) is 7.05 Å². The summed E-state index contributed by atoms with van der Waals surface area (Å²) in [4.78, 5) is 11.3. The SMILES string of the molecule is C=CC(C)(C)C(=O)N(C)[SiH3]. The maximum Gasteiger partial charge on any atom is 0.223 e. The van der Waals surface area contributed by atoms with E-state index in [2.05, 4.69) is 6.58 Å². The Morgan fingerprint density at radius 1 is 1.70 bits per heavy atom. The zero-order valence-electron chi connectivity index (χ0n) is 7.14. The van der Waals surface area contributed by atoms with Crippen LogP contribution >= 0.6 is 0 Å². The van der Waals surface area contributed by atoms with Gasteiger partial charge in [-0.05, 0) is 20.9 Å². The van der Waals surface area contributed by atoms with Crippen molar-refractivity contribution >= 4 is 16.3 Å². The van der Waals surface area contributed by atoms with Gasteiger partial charge in [0.2, 0.25) is 5.91 Å². The van der Waals surface area contributed by atoms with Gasteiger partial charge in [0.15, 0.2) is 0 Å². The van der Waals surface area contributed by atoms with E-state index in [1.165, 1.54) is 0 Å². The number of hydrogen-bond donors (Lipinski definition) is 0. The zero-order valence-corrected chi connectivity index (χ0v) is 9.14. The van der Waals surface area contributed by atoms with Crippen LogP contribution in [0.25, 0.3) is 0 Å². The number of carbonyl (C=O) groups excluding carboxylic acids is 1. The second kappa shape index (κ2) is 3.01. The lowest BCUT2D eigenvalue weighted by Crippen LogP contribution is -2.35. The van der Waals surface area contributed by atoms with Crippen LogP contribution in [0.1, 0.15) is 13.8 Å². The number of hydrogen-bond acceptors (Lipinski definition) is 1. The Bertz CT molecular complexity index is 152. The molecule has 0 bridgehead atoms. The van der Waals surface area contributed by atoms with E-state index in [9.17, 15) is 4.79 Å². The predicted molar refractivity (Wildman–Crippen MR) is 46.7 cm³/mol. The van der Waals surface area contributed by atoms with E-state index < -0.39 is 5.41 Å². The molecule has 0 atom stereocenters. The third-order valence-electron chi connectivity index (χ3n) is 1.47. The molecule has 10 heavy (non-hydrogen) atoms. The van der Waals surface area contributed by atoms with Gasteiger partial charge in [-0.1, -0.05) is 6.08 Å². The first-order chi connectivity index (χ1) is 4.41. The van der Waals surface area contributed by atoms with E-state index in [1.807, 2.05) is 13.8 Å². The molecule has 1 amide bonds. The van der Waals surface area contributed by atoms with Crippen LogP contribution in [0, 0.1) is 5.41 Å². The van der Waals surface area contributed by atoms with E-state index in [-0.39, 0.29) is 5.91 Å². The van der Waals surface area contributed by atoms with Crippen molar-refractivity contribution in [2.24, 2.45) is 5.41 Å². The van der Waals surface area contributed by atoms with Crippen LogP contribution in [0.4, 0.5) is 0 Å². The van der Waals surface area contributed by atoms with Crippen LogP contribution in [0.3, 0.4) is 0 Å². The second-order valence-corrected chi connectivity index (χ2v) is 4.47. The molecule has 0 aromatic heterocycles. The van der Waals surface area contributed by atoms with E-state index in [4.69, 9.17) is 0 Å². The maximum atomic E-state index is 11.3. The summed E-state index contributed by atoms with van der Waals surface area (Å²) >= 11 is 0. The molecular weight excluding hydrogens is 142 g/mol. The van der Waals surface area contributed by atoms with Crippen LogP contribution in [-0.2, 0) is 4.79 Å². The minimum atomic E-state index is -0.392. The molecule has 0 radical (unpaired) electrons. The molecule has 58 valence electrons. The van der Waals surface area contributed by atoms with E-state index in [1.54, 1.807) is 17.7 Å². The minimum absolute atomic E-state index is 0.147. The van der Waals surface area contributed by atoms with Crippen molar-refractivity contribution in [3.8, 4) is 0 Å². The normalized spacial score (nSPS) is 11.1. The maximum absolute atomic E-state index is 11.3. The molecule has 0 aromatic carbocycles. The predicted octanol–water partition coefficient (Wildman–Crippen LogP) is -0.0626. The average molecular weight is 157 g/mol. The van der Waals surface area contributed by atoms with Gasteiger partial charge in [-0.25, -0.2) is 0 Å². The summed E-state index contributed by atoms with van der Waals surface area (Å²) in [5.74, 6) is 0.147. The van der Waals surface area contributed by atoms with Gasteiger partial charge >= 0.3 is 0 Å². The summed E-state index contributed by atoms with van der Waals surface area (Å²) in [7, 11) is 2.58. The van der Waals surface area contributed by atoms with Gasteiger partial charge in [0, 0.05) is 0 Å². The molecule has 0 heterocycles. The Balaban J connectivity index is 4.33. The van der Waals surface area contributed by atoms with Crippen molar-refractivity contribution in [1.82, 2.24) is 4.57 Å². The highest BCUT2D eigenvalue weighted by atomic mass is 28.2. The van der Waals surface area contributed by atoms with Gasteiger partial charge in [-0.15, -0.1) is 6.58 Å². The molecule has 0 aliphatic rings. The molecule has 2 nitrogen and oxygen atoms in total. The monoisotopic (exact) mass is 157 g/mol. The Morgan fingerprint density at radius 2 is 2.10 bits per heavy atom. The third kappa shape index (κ3) is 1.99. The molecule has 0 rings (SSSR count). The molecule has 0 unspecified atom stereocenters. The minimum Gasteiger partial charge on any atom is -0.380 e. The molecule has 0 saturated heterocycles. The Kier molecular flexibility index (Phi) is 2.84. The molecule has 0 aliphatic carbocycles. The van der Waals surface area contributed by atoms with Gasteiger partial charge in [0.1, 0.15) is 10.4 Å². The van der Waals surface area contributed by atoms with Crippen LogP contribution in [0.2, 0.25) is 0 Å². The van der Waals surface area contributed by atoms with E-state index in [0.717, 1.165) is 10.4 Å². The lowest BCUT2D eigenvalue weighted by molar-refractivity contribution is -0.132. The summed E-state index contributed by atoms with van der Waals surface area (Å²) in [6, 6.07) is 0. The van der Waals surface area contributed by atoms with Gasteiger partial charge in [-0.3, -0.25) is 4.79 Å². The van der Waals surface area contributed by atoms with E-state index >= 15 is 0 Å². The largest absolute Gasteiger partial charge is 0.380 e. The highest BCUT2D eigenvalue weighted by Gasteiger charge is 2.24. The van der Waals surface area contributed by atoms with Crippen LogP contribution in [0.15, 0.2) is 12.7 Å². The fourth-order valence-corrected chi connectivity index (χ4v) is 1.24. The molecule has 0 saturated carbocycles. The quantitative estimate of drug-likeness (QED) is 0.406. The Morgan fingerprint density at radius 3 is 2.20 bits per heavy atom. The van der Waals surface area contributed by atoms with Crippen molar-refractivity contribution in [3.63, 3.8) is 0 Å². The van der Waals surface area contributed by atoms with Crippen molar-refractivity contribution in [2.45, 2.75) is 13.8 Å². The number of amides is 1. The van der Waals surface area contributed by atoms with Gasteiger partial charge < -0.3 is 4.57 Å². The standard InChI is InChI=1S/C7H15NOSi/c1-5-7(2,3)6(9)8(4)10/h5H,1H2,2-4,10H3. The summed E-state index contributed by atoms with van der Waals surface area (Å²) < 4.78 is 1.71.